The van der Waals surface area contributed by atoms with Crippen molar-refractivity contribution in [1.82, 2.24) is 19.8 Å². The predicted octanol–water partition coefficient (Wildman–Crippen LogP) is 3.83. The highest BCUT2D eigenvalue weighted by Gasteiger charge is 2.29. The summed E-state index contributed by atoms with van der Waals surface area (Å²) in [5, 5.41) is 3.26. The topological polar surface area (TPSA) is 49.3 Å². The summed E-state index contributed by atoms with van der Waals surface area (Å²) in [5.74, 6) is 0.443. The summed E-state index contributed by atoms with van der Waals surface area (Å²) in [4.78, 5) is 27.7. The van der Waals surface area contributed by atoms with Crippen molar-refractivity contribution in [1.29, 1.82) is 0 Å². The quantitative estimate of drug-likeness (QED) is 0.684. The molecular formula is C19H22N4OS2. The first-order valence-corrected chi connectivity index (χ1v) is 10.6. The summed E-state index contributed by atoms with van der Waals surface area (Å²) < 4.78 is 0. The number of likely N-dealkylation sites (tertiary alicyclic amines) is 1. The van der Waals surface area contributed by atoms with Gasteiger partial charge in [0.2, 0.25) is 0 Å². The van der Waals surface area contributed by atoms with Crippen LogP contribution in [0.3, 0.4) is 0 Å². The normalized spacial score (nSPS) is 18.3. The molecule has 3 aromatic rings. The van der Waals surface area contributed by atoms with Gasteiger partial charge in [-0.15, -0.1) is 22.7 Å². The monoisotopic (exact) mass is 386 g/mol. The molecule has 3 aromatic heterocycles. The molecule has 0 aliphatic carbocycles. The highest BCUT2D eigenvalue weighted by molar-refractivity contribution is 7.20. The number of carbonyl (C=O) groups is 1. The zero-order valence-corrected chi connectivity index (χ0v) is 16.6. The number of fused-ring (bicyclic) bond motifs is 1. The molecule has 1 aliphatic rings. The number of hydrogen-bond acceptors (Lipinski definition) is 6. The molecule has 0 aromatic carbocycles. The lowest BCUT2D eigenvalue weighted by atomic mass is 9.88. The number of nitrogens with zero attached hydrogens (tertiary/aromatic N) is 4. The Balaban J connectivity index is 1.68. The van der Waals surface area contributed by atoms with Gasteiger partial charge in [-0.2, -0.15) is 0 Å². The van der Waals surface area contributed by atoms with Crippen LogP contribution in [0.25, 0.3) is 10.2 Å². The van der Waals surface area contributed by atoms with E-state index in [0.717, 1.165) is 53.3 Å². The molecular weight excluding hydrogens is 364 g/mol. The van der Waals surface area contributed by atoms with Crippen molar-refractivity contribution < 1.29 is 4.79 Å². The van der Waals surface area contributed by atoms with Crippen LogP contribution >= 0.6 is 22.7 Å². The average Bonchev–Trinajstić information content (AvgIpc) is 3.28. The largest absolute Gasteiger partial charge is 0.344 e. The Morgan fingerprint density at radius 1 is 1.38 bits per heavy atom. The second kappa shape index (κ2) is 7.42. The molecule has 26 heavy (non-hydrogen) atoms. The van der Waals surface area contributed by atoms with Gasteiger partial charge in [0, 0.05) is 44.1 Å². The van der Waals surface area contributed by atoms with Gasteiger partial charge in [0.15, 0.2) is 0 Å². The van der Waals surface area contributed by atoms with Gasteiger partial charge in [-0.25, -0.2) is 9.97 Å². The summed E-state index contributed by atoms with van der Waals surface area (Å²) >= 11 is 3.17. The minimum Gasteiger partial charge on any atom is -0.344 e. The van der Waals surface area contributed by atoms with Crippen LogP contribution in [0.15, 0.2) is 29.2 Å². The fourth-order valence-corrected chi connectivity index (χ4v) is 5.50. The Labute approximate surface area is 161 Å². The van der Waals surface area contributed by atoms with Crippen molar-refractivity contribution >= 4 is 38.8 Å². The second-order valence-electron chi connectivity index (χ2n) is 6.95. The highest BCUT2D eigenvalue weighted by Crippen LogP contribution is 2.39. The summed E-state index contributed by atoms with van der Waals surface area (Å²) in [6.07, 6.45) is 4.06. The Bertz CT molecular complexity index is 904. The van der Waals surface area contributed by atoms with E-state index in [1.54, 1.807) is 16.2 Å². The van der Waals surface area contributed by atoms with E-state index in [0.29, 0.717) is 5.92 Å². The Morgan fingerprint density at radius 2 is 2.27 bits per heavy atom. The Kier molecular flexibility index (Phi) is 5.02. The smallest absolute Gasteiger partial charge is 0.263 e. The van der Waals surface area contributed by atoms with Gasteiger partial charge in [-0.1, -0.05) is 6.07 Å². The summed E-state index contributed by atoms with van der Waals surface area (Å²) in [5.41, 5.74) is 4.22. The van der Waals surface area contributed by atoms with Crippen molar-refractivity contribution in [3.63, 3.8) is 0 Å². The Morgan fingerprint density at radius 3 is 3.04 bits per heavy atom. The molecule has 1 saturated heterocycles. The number of carbonyl (C=O) groups excluding carboxylic acids is 1. The number of thiophene rings is 1. The molecule has 1 aliphatic heterocycles. The number of thiazole rings is 1. The molecule has 0 unspecified atom stereocenters. The van der Waals surface area contributed by atoms with Crippen molar-refractivity contribution in [3.8, 4) is 0 Å². The molecule has 4 rings (SSSR count). The van der Waals surface area contributed by atoms with Crippen LogP contribution in [0.4, 0.5) is 0 Å². The van der Waals surface area contributed by atoms with Crippen molar-refractivity contribution in [2.75, 3.05) is 27.2 Å². The van der Waals surface area contributed by atoms with Crippen molar-refractivity contribution in [2.24, 2.45) is 0 Å². The molecule has 4 heterocycles. The standard InChI is InChI=1S/C19H22N4OS2/c1-22(2)19(24)17-16(15-6-3-7-20-18(15)26-17)13-5-4-8-23(9-13)10-14-11-25-12-21-14/h3,6-7,11-13H,4-5,8-10H2,1-2H3/t13-/m1/s1. The van der Waals surface area contributed by atoms with Crippen LogP contribution < -0.4 is 0 Å². The molecule has 1 atom stereocenters. The van der Waals surface area contributed by atoms with Crippen molar-refractivity contribution in [3.05, 3.63) is 45.4 Å². The molecule has 5 nitrogen and oxygen atoms in total. The van der Waals surface area contributed by atoms with Gasteiger partial charge in [0.1, 0.15) is 4.83 Å². The Hall–Kier alpha value is -1.83. The van der Waals surface area contributed by atoms with Crippen molar-refractivity contribution in [2.45, 2.75) is 25.3 Å². The third-order valence-electron chi connectivity index (χ3n) is 4.89. The molecule has 0 saturated carbocycles. The first-order valence-electron chi connectivity index (χ1n) is 8.82. The zero-order chi connectivity index (χ0) is 18.1. The zero-order valence-electron chi connectivity index (χ0n) is 15.0. The average molecular weight is 387 g/mol. The fraction of sp³-hybridized carbons (Fsp3) is 0.421. The van der Waals surface area contributed by atoms with Gasteiger partial charge in [0.05, 0.1) is 16.1 Å². The lowest BCUT2D eigenvalue weighted by molar-refractivity contribution is 0.0830. The summed E-state index contributed by atoms with van der Waals surface area (Å²) in [7, 11) is 3.64. The third kappa shape index (κ3) is 3.39. The van der Waals surface area contributed by atoms with E-state index in [1.165, 1.54) is 16.9 Å². The third-order valence-corrected chi connectivity index (χ3v) is 6.64. The van der Waals surface area contributed by atoms with Gasteiger partial charge in [-0.05, 0) is 36.9 Å². The molecule has 0 bridgehead atoms. The summed E-state index contributed by atoms with van der Waals surface area (Å²) in [6.45, 7) is 2.94. The lowest BCUT2D eigenvalue weighted by Gasteiger charge is -2.33. The van der Waals surface area contributed by atoms with E-state index in [9.17, 15) is 4.79 Å². The van der Waals surface area contributed by atoms with Crippen LogP contribution in [0.1, 0.15) is 39.7 Å². The second-order valence-corrected chi connectivity index (χ2v) is 8.67. The number of hydrogen-bond donors (Lipinski definition) is 0. The van der Waals surface area contributed by atoms with Gasteiger partial charge >= 0.3 is 0 Å². The van der Waals surface area contributed by atoms with E-state index >= 15 is 0 Å². The van der Waals surface area contributed by atoms with Gasteiger partial charge < -0.3 is 4.90 Å². The molecule has 1 amide bonds. The van der Waals surface area contributed by atoms with Gasteiger partial charge in [-0.3, -0.25) is 9.69 Å². The number of piperidine rings is 1. The van der Waals surface area contributed by atoms with E-state index in [-0.39, 0.29) is 5.91 Å². The fourth-order valence-electron chi connectivity index (χ4n) is 3.70. The van der Waals surface area contributed by atoms with Gasteiger partial charge in [0.25, 0.3) is 5.91 Å². The first kappa shape index (κ1) is 17.6. The van der Waals surface area contributed by atoms with E-state index < -0.39 is 0 Å². The minimum absolute atomic E-state index is 0.0830. The number of aromatic nitrogens is 2. The van der Waals surface area contributed by atoms with Crippen LogP contribution in [-0.2, 0) is 6.54 Å². The molecule has 136 valence electrons. The lowest BCUT2D eigenvalue weighted by Crippen LogP contribution is -2.34. The number of amides is 1. The van der Waals surface area contributed by atoms with E-state index in [1.807, 2.05) is 31.9 Å². The maximum Gasteiger partial charge on any atom is 0.263 e. The highest BCUT2D eigenvalue weighted by atomic mass is 32.1. The molecule has 7 heteroatoms. The molecule has 0 N–H and O–H groups in total. The van der Waals surface area contributed by atoms with Crippen LogP contribution in [0, 0.1) is 0 Å². The maximum absolute atomic E-state index is 12.8. The molecule has 1 fully saturated rings. The molecule has 0 spiro atoms. The number of rotatable bonds is 4. The van der Waals surface area contributed by atoms with Crippen LogP contribution in [0.2, 0.25) is 0 Å². The molecule has 0 radical (unpaired) electrons. The minimum atomic E-state index is 0.0830. The van der Waals surface area contributed by atoms with Crippen LogP contribution in [-0.4, -0.2) is 52.9 Å². The number of pyridine rings is 1. The predicted molar refractivity (Wildman–Crippen MR) is 107 cm³/mol. The SMILES string of the molecule is CN(C)C(=O)c1sc2ncccc2c1[C@@H]1CCCN(Cc2cscn2)C1. The van der Waals surface area contributed by atoms with E-state index in [4.69, 9.17) is 0 Å². The maximum atomic E-state index is 12.8. The van der Waals surface area contributed by atoms with Crippen LogP contribution in [0.5, 0.6) is 0 Å². The first-order chi connectivity index (χ1) is 12.6. The van der Waals surface area contributed by atoms with E-state index in [2.05, 4.69) is 26.3 Å². The summed E-state index contributed by atoms with van der Waals surface area (Å²) in [6, 6.07) is 4.08.